The van der Waals surface area contributed by atoms with Gasteiger partial charge in [-0.25, -0.2) is 18.4 Å². The van der Waals surface area contributed by atoms with E-state index in [2.05, 4.69) is 31.6 Å². The summed E-state index contributed by atoms with van der Waals surface area (Å²) in [6.07, 6.45) is 3.52. The van der Waals surface area contributed by atoms with Gasteiger partial charge in [-0.1, -0.05) is 6.07 Å². The molecule has 0 saturated carbocycles. The molecule has 1 saturated heterocycles. The Bertz CT molecular complexity index is 1220. The van der Waals surface area contributed by atoms with E-state index in [9.17, 15) is 13.2 Å². The fourth-order valence-electron chi connectivity index (χ4n) is 4.11. The molecule has 3 aromatic rings. The highest BCUT2D eigenvalue weighted by atomic mass is 32.2. The lowest BCUT2D eigenvalue weighted by Crippen LogP contribution is -2.44. The van der Waals surface area contributed by atoms with Crippen LogP contribution in [0.2, 0.25) is 0 Å². The topological polar surface area (TPSA) is 92.3 Å². The first-order valence-electron chi connectivity index (χ1n) is 10.8. The summed E-state index contributed by atoms with van der Waals surface area (Å²) < 4.78 is 23.8. The third kappa shape index (κ3) is 5.10. The Kier molecular flexibility index (Phi) is 6.48. The van der Waals surface area contributed by atoms with Crippen molar-refractivity contribution in [1.82, 2.24) is 15.3 Å². The number of hydrogen-bond donors (Lipinski definition) is 1. The normalized spacial score (nSPS) is 16.3. The highest BCUT2D eigenvalue weighted by Gasteiger charge is 2.27. The maximum absolute atomic E-state index is 12.7. The Morgan fingerprint density at radius 1 is 1.25 bits per heavy atom. The second-order valence-corrected chi connectivity index (χ2v) is 11.6. The van der Waals surface area contributed by atoms with E-state index in [0.29, 0.717) is 24.6 Å². The van der Waals surface area contributed by atoms with Gasteiger partial charge in [0.25, 0.3) is 0 Å². The second-order valence-electron chi connectivity index (χ2n) is 8.51. The van der Waals surface area contributed by atoms with E-state index >= 15 is 0 Å². The summed E-state index contributed by atoms with van der Waals surface area (Å²) in [5, 5.41) is 6.05. The number of aryl methyl sites for hydroxylation is 1. The molecule has 170 valence electrons. The first-order chi connectivity index (χ1) is 15.2. The van der Waals surface area contributed by atoms with Gasteiger partial charge in [0.1, 0.15) is 0 Å². The molecule has 0 aliphatic carbocycles. The maximum atomic E-state index is 12.7. The summed E-state index contributed by atoms with van der Waals surface area (Å²) in [7, 11) is -3.31. The molecule has 1 aromatic carbocycles. The molecule has 1 amide bonds. The summed E-state index contributed by atoms with van der Waals surface area (Å²) in [5.74, 6) is 0.683. The van der Waals surface area contributed by atoms with Crippen LogP contribution in [0.5, 0.6) is 0 Å². The number of nitrogens with zero attached hydrogens (tertiary/aromatic N) is 3. The highest BCUT2D eigenvalue weighted by molar-refractivity contribution is 7.90. The molecule has 9 heteroatoms. The number of thiophene rings is 1. The molecule has 1 N–H and O–H groups in total. The molecule has 0 radical (unpaired) electrons. The summed E-state index contributed by atoms with van der Waals surface area (Å²) >= 11 is 1.71. The Morgan fingerprint density at radius 2 is 2.00 bits per heavy atom. The number of sulfone groups is 1. The minimum atomic E-state index is -3.31. The van der Waals surface area contributed by atoms with Crippen molar-refractivity contribution >= 4 is 43.9 Å². The number of carbonyl (C=O) groups is 1. The molecule has 1 aliphatic heterocycles. The van der Waals surface area contributed by atoms with Crippen molar-refractivity contribution in [3.8, 4) is 0 Å². The van der Waals surface area contributed by atoms with Crippen LogP contribution in [0.3, 0.4) is 0 Å². The first kappa shape index (κ1) is 22.7. The number of nitrogens with one attached hydrogen (secondary N) is 1. The summed E-state index contributed by atoms with van der Waals surface area (Å²) in [5.41, 5.74) is 1.44. The second kappa shape index (κ2) is 9.15. The minimum Gasteiger partial charge on any atom is -0.353 e. The molecule has 1 aliphatic rings. The molecule has 1 fully saturated rings. The molecule has 3 heterocycles. The summed E-state index contributed by atoms with van der Waals surface area (Å²) in [6.45, 7) is 5.33. The van der Waals surface area contributed by atoms with Crippen LogP contribution < -0.4 is 10.2 Å². The standard InChI is InChI=1S/C23H28N4O3S2/c1-15(13-18-5-4-12-31-18)24-22(28)17-8-10-27(11-9-17)23-25-16(2)20-7-6-19(32(3,29)30)14-21(20)26-23/h4-7,12,14-15,17H,8-11,13H2,1-3H3,(H,24,28)/t15-/m0/s1. The van der Waals surface area contributed by atoms with Gasteiger partial charge in [0.2, 0.25) is 11.9 Å². The minimum absolute atomic E-state index is 0.0181. The molecule has 0 bridgehead atoms. The number of fused-ring (bicyclic) bond motifs is 1. The zero-order valence-electron chi connectivity index (χ0n) is 18.5. The zero-order valence-corrected chi connectivity index (χ0v) is 20.2. The Morgan fingerprint density at radius 3 is 2.66 bits per heavy atom. The number of anilines is 1. The van der Waals surface area contributed by atoms with Crippen molar-refractivity contribution in [2.45, 2.75) is 44.0 Å². The Hall–Kier alpha value is -2.52. The van der Waals surface area contributed by atoms with Crippen molar-refractivity contribution < 1.29 is 13.2 Å². The Balaban J connectivity index is 1.41. The SMILES string of the molecule is Cc1nc(N2CCC(C(=O)N[C@@H](C)Cc3cccs3)CC2)nc2cc(S(C)(=O)=O)ccc12. The number of aromatic nitrogens is 2. The van der Waals surface area contributed by atoms with Crippen molar-refractivity contribution in [2.75, 3.05) is 24.2 Å². The van der Waals surface area contributed by atoms with Crippen LogP contribution in [0.1, 0.15) is 30.3 Å². The van der Waals surface area contributed by atoms with E-state index in [-0.39, 0.29) is 22.8 Å². The van der Waals surface area contributed by atoms with Crippen LogP contribution in [0.15, 0.2) is 40.6 Å². The third-order valence-corrected chi connectivity index (χ3v) is 7.91. The predicted octanol–water partition coefficient (Wildman–Crippen LogP) is 3.37. The van der Waals surface area contributed by atoms with Gasteiger partial charge in [-0.2, -0.15) is 0 Å². The maximum Gasteiger partial charge on any atom is 0.226 e. The molecule has 4 rings (SSSR count). The predicted molar refractivity (Wildman–Crippen MR) is 128 cm³/mol. The number of carbonyl (C=O) groups excluding carboxylic acids is 1. The van der Waals surface area contributed by atoms with Gasteiger partial charge in [-0.3, -0.25) is 4.79 Å². The van der Waals surface area contributed by atoms with Gasteiger partial charge in [0.05, 0.1) is 16.1 Å². The molecule has 32 heavy (non-hydrogen) atoms. The molecule has 0 unspecified atom stereocenters. The first-order valence-corrected chi connectivity index (χ1v) is 13.5. The van der Waals surface area contributed by atoms with Gasteiger partial charge in [0.15, 0.2) is 9.84 Å². The smallest absolute Gasteiger partial charge is 0.226 e. The van der Waals surface area contributed by atoms with E-state index in [1.54, 1.807) is 29.5 Å². The summed E-state index contributed by atoms with van der Waals surface area (Å²) in [4.78, 5) is 25.6. The van der Waals surface area contributed by atoms with Crippen LogP contribution in [-0.2, 0) is 21.1 Å². The van der Waals surface area contributed by atoms with Crippen molar-refractivity contribution in [1.29, 1.82) is 0 Å². The number of amides is 1. The molecular formula is C23H28N4O3S2. The van der Waals surface area contributed by atoms with E-state index < -0.39 is 9.84 Å². The van der Waals surface area contributed by atoms with Crippen molar-refractivity contribution in [3.05, 3.63) is 46.3 Å². The largest absolute Gasteiger partial charge is 0.353 e. The third-order valence-electron chi connectivity index (χ3n) is 5.90. The fourth-order valence-corrected chi connectivity index (χ4v) is 5.59. The lowest BCUT2D eigenvalue weighted by Gasteiger charge is -2.32. The van der Waals surface area contributed by atoms with Crippen LogP contribution >= 0.6 is 11.3 Å². The highest BCUT2D eigenvalue weighted by Crippen LogP contribution is 2.26. The van der Waals surface area contributed by atoms with Crippen LogP contribution in [0.4, 0.5) is 5.95 Å². The van der Waals surface area contributed by atoms with Crippen molar-refractivity contribution in [2.24, 2.45) is 5.92 Å². The number of hydrogen-bond acceptors (Lipinski definition) is 7. The van der Waals surface area contributed by atoms with Gasteiger partial charge in [-0.15, -0.1) is 11.3 Å². The molecule has 0 spiro atoms. The quantitative estimate of drug-likeness (QED) is 0.591. The van der Waals surface area contributed by atoms with E-state index in [0.717, 1.165) is 30.3 Å². The molecule has 2 aromatic heterocycles. The van der Waals surface area contributed by atoms with Crippen LogP contribution in [-0.4, -0.2) is 49.7 Å². The van der Waals surface area contributed by atoms with E-state index in [1.807, 2.05) is 19.9 Å². The van der Waals surface area contributed by atoms with Crippen LogP contribution in [0.25, 0.3) is 10.9 Å². The van der Waals surface area contributed by atoms with Crippen LogP contribution in [0, 0.1) is 12.8 Å². The van der Waals surface area contributed by atoms with Crippen molar-refractivity contribution in [3.63, 3.8) is 0 Å². The van der Waals surface area contributed by atoms with E-state index in [4.69, 9.17) is 0 Å². The lowest BCUT2D eigenvalue weighted by molar-refractivity contribution is -0.126. The lowest BCUT2D eigenvalue weighted by atomic mass is 9.95. The average Bonchev–Trinajstić information content (AvgIpc) is 3.25. The number of rotatable bonds is 6. The average molecular weight is 473 g/mol. The zero-order chi connectivity index (χ0) is 22.9. The molecular weight excluding hydrogens is 444 g/mol. The molecule has 7 nitrogen and oxygen atoms in total. The number of piperidine rings is 1. The Labute approximate surface area is 192 Å². The van der Waals surface area contributed by atoms with Gasteiger partial charge < -0.3 is 10.2 Å². The number of benzene rings is 1. The van der Waals surface area contributed by atoms with Gasteiger partial charge >= 0.3 is 0 Å². The fraction of sp³-hybridized carbons (Fsp3) is 0.435. The van der Waals surface area contributed by atoms with Gasteiger partial charge in [-0.05, 0) is 56.3 Å². The van der Waals surface area contributed by atoms with E-state index in [1.165, 1.54) is 11.1 Å². The van der Waals surface area contributed by atoms with Gasteiger partial charge in [0, 0.05) is 48.0 Å². The summed E-state index contributed by atoms with van der Waals surface area (Å²) in [6, 6.07) is 9.20. The monoisotopic (exact) mass is 472 g/mol. The molecule has 1 atom stereocenters.